The molecule has 4 aromatic rings. The second kappa shape index (κ2) is 30.1. The van der Waals surface area contributed by atoms with E-state index >= 15 is 0 Å². The summed E-state index contributed by atoms with van der Waals surface area (Å²) in [7, 11) is 0. The van der Waals surface area contributed by atoms with Crippen molar-refractivity contribution in [2.75, 3.05) is 39.6 Å². The van der Waals surface area contributed by atoms with Crippen molar-refractivity contribution in [3.8, 4) is 34.5 Å². The summed E-state index contributed by atoms with van der Waals surface area (Å²) in [6, 6.07) is 11.1. The minimum atomic E-state index is 0.638. The number of unbranched alkanes of at least 4 members (excludes halogenated alkanes) is 18. The fourth-order valence-corrected chi connectivity index (χ4v) is 8.77. The number of halogens is 1. The maximum atomic E-state index is 6.73. The van der Waals surface area contributed by atoms with Gasteiger partial charge in [0.15, 0.2) is 34.5 Å². The van der Waals surface area contributed by atoms with Gasteiger partial charge in [-0.1, -0.05) is 157 Å². The van der Waals surface area contributed by atoms with Crippen molar-refractivity contribution in [2.24, 2.45) is 0 Å². The van der Waals surface area contributed by atoms with Crippen LogP contribution in [0.15, 0.2) is 34.8 Å². The number of benzene rings is 4. The molecule has 4 aromatic carbocycles. The fraction of sp³-hybridized carbons (Fsp3) is 0.667. The molecule has 0 spiro atoms. The summed E-state index contributed by atoms with van der Waals surface area (Å²) in [6.45, 7) is 17.4. The SMILES string of the molecule is CCCCCCOc1cc2c3cc(OCCCCCC)c(OCCCCCC)cc3c3c(Br)c(OCCCCCC)c(OCCCCCC)cc3c2cc1OCCCCCC. The first-order valence-electron chi connectivity index (χ1n) is 25.0. The monoisotopic (exact) mass is 907 g/mol. The number of ether oxygens (including phenoxy) is 6. The van der Waals surface area contributed by atoms with Crippen LogP contribution in [-0.4, -0.2) is 39.6 Å². The van der Waals surface area contributed by atoms with E-state index in [4.69, 9.17) is 28.4 Å². The third-order valence-corrected chi connectivity index (χ3v) is 12.5. The van der Waals surface area contributed by atoms with Crippen LogP contribution in [0.2, 0.25) is 0 Å². The van der Waals surface area contributed by atoms with Crippen molar-refractivity contribution in [2.45, 2.75) is 196 Å². The normalized spacial score (nSPS) is 11.5. The Morgan fingerprint density at radius 3 is 0.852 bits per heavy atom. The predicted molar refractivity (Wildman–Crippen MR) is 264 cm³/mol. The van der Waals surface area contributed by atoms with Crippen LogP contribution in [0.3, 0.4) is 0 Å². The molecule has 0 bridgehead atoms. The third-order valence-electron chi connectivity index (χ3n) is 11.7. The van der Waals surface area contributed by atoms with Crippen LogP contribution in [0, 0.1) is 0 Å². The molecule has 0 radical (unpaired) electrons. The van der Waals surface area contributed by atoms with E-state index < -0.39 is 0 Å². The Hall–Kier alpha value is -3.06. The maximum absolute atomic E-state index is 6.73. The van der Waals surface area contributed by atoms with Gasteiger partial charge in [-0.2, -0.15) is 0 Å². The fourth-order valence-electron chi connectivity index (χ4n) is 8.03. The van der Waals surface area contributed by atoms with Crippen LogP contribution in [-0.2, 0) is 0 Å². The van der Waals surface area contributed by atoms with Crippen molar-refractivity contribution in [1.29, 1.82) is 0 Å². The van der Waals surface area contributed by atoms with Crippen LogP contribution in [0.25, 0.3) is 32.3 Å². The average Bonchev–Trinajstić information content (AvgIpc) is 3.26. The van der Waals surface area contributed by atoms with Gasteiger partial charge >= 0.3 is 0 Å². The molecule has 0 aromatic heterocycles. The maximum Gasteiger partial charge on any atom is 0.175 e. The third kappa shape index (κ3) is 16.2. The van der Waals surface area contributed by atoms with Gasteiger partial charge in [-0.05, 0) is 112 Å². The Morgan fingerprint density at radius 1 is 0.295 bits per heavy atom. The zero-order valence-corrected chi connectivity index (χ0v) is 41.0. The predicted octanol–water partition coefficient (Wildman–Crippen LogP) is 17.7. The Bertz CT molecular complexity index is 1760. The summed E-state index contributed by atoms with van der Waals surface area (Å²) in [5.41, 5.74) is 0. The van der Waals surface area contributed by atoms with Gasteiger partial charge < -0.3 is 28.4 Å². The van der Waals surface area contributed by atoms with Gasteiger partial charge in [0, 0.05) is 5.39 Å². The first kappa shape index (κ1) is 50.6. The topological polar surface area (TPSA) is 55.4 Å². The molecule has 0 aliphatic heterocycles. The van der Waals surface area contributed by atoms with Gasteiger partial charge in [0.1, 0.15) is 0 Å². The van der Waals surface area contributed by atoms with Crippen molar-refractivity contribution >= 4 is 48.2 Å². The quantitative estimate of drug-likeness (QED) is 0.0335. The molecular formula is C54H83BrO6. The largest absolute Gasteiger partial charge is 0.490 e. The van der Waals surface area contributed by atoms with Gasteiger partial charge in [0.05, 0.1) is 44.1 Å². The Kier molecular flexibility index (Phi) is 25.0. The standard InChI is InChI=1S/C54H83BrO6/c1-7-13-19-25-31-56-47-37-42-43-38-49(58-33-27-21-15-9-3)50(59-34-28-22-16-10-4)40-45(43)52-46(44(42)39-48(47)57-32-26-20-14-8-2)41-51(60-35-29-23-17-11-5)54(53(52)55)61-36-30-24-18-12-6/h37-41H,7-36H2,1-6H3. The lowest BCUT2D eigenvalue weighted by molar-refractivity contribution is 0.258. The first-order valence-corrected chi connectivity index (χ1v) is 25.8. The molecule has 0 N–H and O–H groups in total. The molecule has 0 aliphatic rings. The number of rotatable bonds is 36. The molecule has 0 saturated heterocycles. The van der Waals surface area contributed by atoms with Crippen LogP contribution >= 0.6 is 15.9 Å². The van der Waals surface area contributed by atoms with Crippen molar-refractivity contribution in [3.63, 3.8) is 0 Å². The zero-order valence-electron chi connectivity index (χ0n) is 39.4. The van der Waals surface area contributed by atoms with Crippen LogP contribution in [0.5, 0.6) is 34.5 Å². The summed E-state index contributed by atoms with van der Waals surface area (Å²) in [5.74, 6) is 4.76. The molecule has 0 unspecified atom stereocenters. The molecule has 0 amide bonds. The number of fused-ring (bicyclic) bond motifs is 6. The van der Waals surface area contributed by atoms with E-state index in [1.807, 2.05) is 0 Å². The summed E-state index contributed by atoms with van der Waals surface area (Å²) >= 11 is 4.17. The minimum absolute atomic E-state index is 0.638. The molecular weight excluding hydrogens is 824 g/mol. The highest BCUT2D eigenvalue weighted by Crippen LogP contribution is 2.51. The van der Waals surface area contributed by atoms with E-state index in [0.29, 0.717) is 39.6 Å². The molecule has 0 fully saturated rings. The molecule has 7 heteroatoms. The highest BCUT2D eigenvalue weighted by Gasteiger charge is 2.23. The van der Waals surface area contributed by atoms with Gasteiger partial charge in [0.2, 0.25) is 0 Å². The lowest BCUT2D eigenvalue weighted by Crippen LogP contribution is -2.05. The lowest BCUT2D eigenvalue weighted by Gasteiger charge is -2.22. The summed E-state index contributed by atoms with van der Waals surface area (Å²) in [5, 5.41) is 6.54. The number of hydrogen-bond acceptors (Lipinski definition) is 6. The van der Waals surface area contributed by atoms with E-state index in [2.05, 4.69) is 87.8 Å². The molecule has 4 rings (SSSR count). The van der Waals surface area contributed by atoms with Crippen LogP contribution in [0.4, 0.5) is 0 Å². The van der Waals surface area contributed by atoms with Crippen molar-refractivity contribution < 1.29 is 28.4 Å². The molecule has 342 valence electrons. The molecule has 0 saturated carbocycles. The van der Waals surface area contributed by atoms with E-state index in [-0.39, 0.29) is 0 Å². The Morgan fingerprint density at radius 2 is 0.541 bits per heavy atom. The molecule has 0 heterocycles. The van der Waals surface area contributed by atoms with Crippen molar-refractivity contribution in [1.82, 2.24) is 0 Å². The molecule has 0 aliphatic carbocycles. The molecule has 6 nitrogen and oxygen atoms in total. The Balaban J connectivity index is 2.00. The number of hydrogen-bond donors (Lipinski definition) is 0. The van der Waals surface area contributed by atoms with Crippen LogP contribution in [0.1, 0.15) is 196 Å². The second-order valence-electron chi connectivity index (χ2n) is 17.1. The van der Waals surface area contributed by atoms with Gasteiger partial charge in [-0.25, -0.2) is 0 Å². The minimum Gasteiger partial charge on any atom is -0.490 e. The Labute approximate surface area is 379 Å². The zero-order chi connectivity index (χ0) is 43.5. The first-order chi connectivity index (χ1) is 30.0. The highest BCUT2D eigenvalue weighted by molar-refractivity contribution is 9.10. The van der Waals surface area contributed by atoms with E-state index in [9.17, 15) is 0 Å². The van der Waals surface area contributed by atoms with Crippen molar-refractivity contribution in [3.05, 3.63) is 34.8 Å². The van der Waals surface area contributed by atoms with E-state index in [1.54, 1.807) is 0 Å². The summed E-state index contributed by atoms with van der Waals surface area (Å²) in [6.07, 6.45) is 27.4. The van der Waals surface area contributed by atoms with E-state index in [0.717, 1.165) is 148 Å². The van der Waals surface area contributed by atoms with Gasteiger partial charge in [-0.3, -0.25) is 0 Å². The van der Waals surface area contributed by atoms with E-state index in [1.165, 1.54) is 77.0 Å². The highest BCUT2D eigenvalue weighted by atomic mass is 79.9. The van der Waals surface area contributed by atoms with Crippen LogP contribution < -0.4 is 28.4 Å². The van der Waals surface area contributed by atoms with Gasteiger partial charge in [0.25, 0.3) is 0 Å². The van der Waals surface area contributed by atoms with Gasteiger partial charge in [-0.15, -0.1) is 0 Å². The molecule has 0 atom stereocenters. The average molecular weight is 908 g/mol. The molecule has 61 heavy (non-hydrogen) atoms. The lowest BCUT2D eigenvalue weighted by atomic mass is 9.93. The summed E-state index contributed by atoms with van der Waals surface area (Å²) < 4.78 is 41.0. The second-order valence-corrected chi connectivity index (χ2v) is 17.9. The summed E-state index contributed by atoms with van der Waals surface area (Å²) in [4.78, 5) is 0. The smallest absolute Gasteiger partial charge is 0.175 e.